The normalized spacial score (nSPS) is 12.1. The molecule has 0 aliphatic heterocycles. The fraction of sp³-hybridized carbons (Fsp3) is 0.417. The van der Waals surface area contributed by atoms with Crippen LogP contribution < -0.4 is 0 Å². The van der Waals surface area contributed by atoms with Crippen molar-refractivity contribution in [3.05, 3.63) is 39.4 Å². The SMILES string of the molecule is Cc1c(CSC(C)CC(=O)O)cccc1[N+](=O)[O-]. The first-order valence-corrected chi connectivity index (χ1v) is 6.53. The first kappa shape index (κ1) is 14.5. The van der Waals surface area contributed by atoms with Crippen LogP contribution in [-0.4, -0.2) is 21.2 Å². The van der Waals surface area contributed by atoms with Gasteiger partial charge in [-0.15, -0.1) is 0 Å². The number of aliphatic carboxylic acids is 1. The lowest BCUT2D eigenvalue weighted by Gasteiger charge is -2.10. The second-order valence-corrected chi connectivity index (χ2v) is 5.46. The molecule has 1 aromatic carbocycles. The lowest BCUT2D eigenvalue weighted by atomic mass is 10.1. The van der Waals surface area contributed by atoms with Crippen LogP contribution in [0.25, 0.3) is 0 Å². The van der Waals surface area contributed by atoms with Gasteiger partial charge < -0.3 is 5.11 Å². The van der Waals surface area contributed by atoms with Gasteiger partial charge in [-0.25, -0.2) is 0 Å². The molecule has 1 atom stereocenters. The lowest BCUT2D eigenvalue weighted by Crippen LogP contribution is -2.06. The predicted octanol–water partition coefficient (Wildman–Crippen LogP) is 3.00. The Morgan fingerprint density at radius 1 is 1.56 bits per heavy atom. The van der Waals surface area contributed by atoms with E-state index in [1.165, 1.54) is 17.8 Å². The summed E-state index contributed by atoms with van der Waals surface area (Å²) in [6.45, 7) is 3.56. The van der Waals surface area contributed by atoms with Crippen molar-refractivity contribution in [3.8, 4) is 0 Å². The van der Waals surface area contributed by atoms with Crippen LogP contribution in [0.15, 0.2) is 18.2 Å². The first-order chi connectivity index (χ1) is 8.41. The van der Waals surface area contributed by atoms with E-state index >= 15 is 0 Å². The average Bonchev–Trinajstić information content (AvgIpc) is 2.26. The maximum absolute atomic E-state index is 10.8. The number of nitrogens with zero attached hydrogens (tertiary/aromatic N) is 1. The van der Waals surface area contributed by atoms with Crippen molar-refractivity contribution < 1.29 is 14.8 Å². The second-order valence-electron chi connectivity index (χ2n) is 4.04. The quantitative estimate of drug-likeness (QED) is 0.634. The molecule has 0 bridgehead atoms. The highest BCUT2D eigenvalue weighted by molar-refractivity contribution is 7.99. The smallest absolute Gasteiger partial charge is 0.304 e. The monoisotopic (exact) mass is 269 g/mol. The number of hydrogen-bond donors (Lipinski definition) is 1. The molecular weight excluding hydrogens is 254 g/mol. The van der Waals surface area contributed by atoms with Crippen LogP contribution in [0.1, 0.15) is 24.5 Å². The number of hydrogen-bond acceptors (Lipinski definition) is 4. The van der Waals surface area contributed by atoms with Crippen molar-refractivity contribution in [2.45, 2.75) is 31.3 Å². The van der Waals surface area contributed by atoms with Gasteiger partial charge in [0.25, 0.3) is 5.69 Å². The summed E-state index contributed by atoms with van der Waals surface area (Å²) in [7, 11) is 0. The third kappa shape index (κ3) is 4.03. The van der Waals surface area contributed by atoms with E-state index < -0.39 is 10.9 Å². The van der Waals surface area contributed by atoms with E-state index in [2.05, 4.69) is 0 Å². The molecule has 5 nitrogen and oxygen atoms in total. The summed E-state index contributed by atoms with van der Waals surface area (Å²) >= 11 is 1.49. The van der Waals surface area contributed by atoms with Crippen LogP contribution >= 0.6 is 11.8 Å². The molecule has 0 heterocycles. The topological polar surface area (TPSA) is 80.4 Å². The van der Waals surface area contributed by atoms with Gasteiger partial charge in [-0.05, 0) is 12.5 Å². The van der Waals surface area contributed by atoms with Crippen molar-refractivity contribution in [1.29, 1.82) is 0 Å². The minimum Gasteiger partial charge on any atom is -0.481 e. The molecule has 0 aliphatic rings. The lowest BCUT2D eigenvalue weighted by molar-refractivity contribution is -0.385. The Kier molecular flexibility index (Phi) is 5.15. The number of rotatable bonds is 6. The van der Waals surface area contributed by atoms with Crippen molar-refractivity contribution in [2.24, 2.45) is 0 Å². The van der Waals surface area contributed by atoms with E-state index in [9.17, 15) is 14.9 Å². The molecule has 0 radical (unpaired) electrons. The molecule has 6 heteroatoms. The number of carboxylic acid groups (broad SMARTS) is 1. The number of carboxylic acids is 1. The van der Waals surface area contributed by atoms with Crippen molar-refractivity contribution in [3.63, 3.8) is 0 Å². The van der Waals surface area contributed by atoms with Crippen LogP contribution in [0.2, 0.25) is 0 Å². The van der Waals surface area contributed by atoms with E-state index in [-0.39, 0.29) is 17.4 Å². The van der Waals surface area contributed by atoms with E-state index in [4.69, 9.17) is 5.11 Å². The highest BCUT2D eigenvalue weighted by Gasteiger charge is 2.14. The van der Waals surface area contributed by atoms with Gasteiger partial charge in [-0.2, -0.15) is 11.8 Å². The molecule has 18 heavy (non-hydrogen) atoms. The van der Waals surface area contributed by atoms with Gasteiger partial charge in [0.05, 0.1) is 11.3 Å². The number of thioether (sulfide) groups is 1. The standard InChI is InChI=1S/C12H15NO4S/c1-8(6-12(14)15)18-7-10-4-3-5-11(9(10)2)13(16)17/h3-5,8H,6-7H2,1-2H3,(H,14,15). The highest BCUT2D eigenvalue weighted by Crippen LogP contribution is 2.26. The molecule has 1 rings (SSSR count). The fourth-order valence-electron chi connectivity index (χ4n) is 1.56. The Hall–Kier alpha value is -1.56. The number of benzene rings is 1. The van der Waals surface area contributed by atoms with Gasteiger partial charge in [0.2, 0.25) is 0 Å². The molecule has 0 saturated heterocycles. The Morgan fingerprint density at radius 3 is 2.78 bits per heavy atom. The third-order valence-electron chi connectivity index (χ3n) is 2.60. The fourth-order valence-corrected chi connectivity index (χ4v) is 2.60. The summed E-state index contributed by atoms with van der Waals surface area (Å²) in [6, 6.07) is 4.97. The van der Waals surface area contributed by atoms with Gasteiger partial charge in [0.1, 0.15) is 0 Å². The summed E-state index contributed by atoms with van der Waals surface area (Å²) in [5, 5.41) is 19.4. The van der Waals surface area contributed by atoms with Gasteiger partial charge in [0, 0.05) is 22.6 Å². The number of carbonyl (C=O) groups is 1. The summed E-state index contributed by atoms with van der Waals surface area (Å²) in [5.74, 6) is -0.243. The summed E-state index contributed by atoms with van der Waals surface area (Å²) in [5.41, 5.74) is 1.64. The highest BCUT2D eigenvalue weighted by atomic mass is 32.2. The molecule has 0 amide bonds. The van der Waals surface area contributed by atoms with Crippen molar-refractivity contribution in [1.82, 2.24) is 0 Å². The van der Waals surface area contributed by atoms with E-state index in [0.717, 1.165) is 5.56 Å². The van der Waals surface area contributed by atoms with Crippen LogP contribution in [0.3, 0.4) is 0 Å². The third-order valence-corrected chi connectivity index (χ3v) is 3.81. The number of nitro groups is 1. The minimum atomic E-state index is -0.828. The second kappa shape index (κ2) is 6.39. The number of nitro benzene ring substituents is 1. The molecule has 0 fully saturated rings. The zero-order valence-electron chi connectivity index (χ0n) is 10.3. The van der Waals surface area contributed by atoms with Crippen LogP contribution in [-0.2, 0) is 10.5 Å². The molecule has 0 saturated carbocycles. The van der Waals surface area contributed by atoms with Crippen molar-refractivity contribution >= 4 is 23.4 Å². The summed E-state index contributed by atoms with van der Waals surface area (Å²) < 4.78 is 0. The molecule has 0 spiro atoms. The van der Waals surface area contributed by atoms with Crippen LogP contribution in [0.4, 0.5) is 5.69 Å². The molecular formula is C12H15NO4S. The zero-order chi connectivity index (χ0) is 13.7. The maximum atomic E-state index is 10.8. The molecule has 1 aromatic rings. The molecule has 1 N–H and O–H groups in total. The predicted molar refractivity (Wildman–Crippen MR) is 70.8 cm³/mol. The maximum Gasteiger partial charge on any atom is 0.304 e. The van der Waals surface area contributed by atoms with Gasteiger partial charge in [-0.1, -0.05) is 19.1 Å². The molecule has 0 aromatic heterocycles. The van der Waals surface area contributed by atoms with Gasteiger partial charge in [-0.3, -0.25) is 14.9 Å². The Bertz CT molecular complexity index is 461. The minimum absolute atomic E-state index is 0.0128. The van der Waals surface area contributed by atoms with Crippen LogP contribution in [0, 0.1) is 17.0 Å². The van der Waals surface area contributed by atoms with Gasteiger partial charge in [0.15, 0.2) is 0 Å². The Labute approximate surface area is 109 Å². The average molecular weight is 269 g/mol. The first-order valence-electron chi connectivity index (χ1n) is 5.48. The summed E-state index contributed by atoms with van der Waals surface area (Å²) in [4.78, 5) is 20.9. The Balaban J connectivity index is 2.71. The summed E-state index contributed by atoms with van der Waals surface area (Å²) in [6.07, 6.45) is 0.0959. The van der Waals surface area contributed by atoms with Crippen LogP contribution in [0.5, 0.6) is 0 Å². The largest absolute Gasteiger partial charge is 0.481 e. The molecule has 0 aliphatic carbocycles. The van der Waals surface area contributed by atoms with Gasteiger partial charge >= 0.3 is 5.97 Å². The zero-order valence-corrected chi connectivity index (χ0v) is 11.1. The van der Waals surface area contributed by atoms with E-state index in [0.29, 0.717) is 11.3 Å². The van der Waals surface area contributed by atoms with E-state index in [1.807, 2.05) is 13.0 Å². The molecule has 1 unspecified atom stereocenters. The van der Waals surface area contributed by atoms with Crippen molar-refractivity contribution in [2.75, 3.05) is 0 Å². The van der Waals surface area contributed by atoms with E-state index in [1.54, 1.807) is 13.0 Å². The molecule has 98 valence electrons. The Morgan fingerprint density at radius 2 is 2.22 bits per heavy atom.